The molecule has 3 rings (SSSR count). The first kappa shape index (κ1) is 26.2. The zero-order valence-electron chi connectivity index (χ0n) is 19.3. The number of rotatable bonds is 7. The molecule has 4 N–H and O–H groups in total. The van der Waals surface area contributed by atoms with E-state index < -0.39 is 35.6 Å². The maximum absolute atomic E-state index is 13.8. The topological polar surface area (TPSA) is 126 Å². The van der Waals surface area contributed by atoms with Crippen LogP contribution in [0, 0.1) is 17.1 Å². The molecule has 0 fully saturated rings. The molecule has 36 heavy (non-hydrogen) atoms. The van der Waals surface area contributed by atoms with Gasteiger partial charge >= 0.3 is 6.18 Å². The minimum Gasteiger partial charge on any atom is -0.399 e. The van der Waals surface area contributed by atoms with Gasteiger partial charge in [0.1, 0.15) is 18.4 Å². The fourth-order valence-electron chi connectivity index (χ4n) is 3.37. The highest BCUT2D eigenvalue weighted by Crippen LogP contribution is 2.34. The van der Waals surface area contributed by atoms with Crippen LogP contribution in [0.25, 0.3) is 11.3 Å². The van der Waals surface area contributed by atoms with Crippen LogP contribution < -0.4 is 21.9 Å². The summed E-state index contributed by atoms with van der Waals surface area (Å²) in [5.41, 5.74) is 3.86. The van der Waals surface area contributed by atoms with Gasteiger partial charge in [-0.25, -0.2) is 9.37 Å². The second-order valence-corrected chi connectivity index (χ2v) is 8.23. The third kappa shape index (κ3) is 6.18. The Labute approximate surface area is 203 Å². The van der Waals surface area contributed by atoms with Crippen molar-refractivity contribution in [3.63, 3.8) is 0 Å². The van der Waals surface area contributed by atoms with Gasteiger partial charge in [0.2, 0.25) is 5.91 Å². The number of amides is 1. The maximum atomic E-state index is 13.8. The molecule has 8 nitrogen and oxygen atoms in total. The van der Waals surface area contributed by atoms with Crippen LogP contribution in [-0.2, 0) is 24.1 Å². The second kappa shape index (κ2) is 10.5. The summed E-state index contributed by atoms with van der Waals surface area (Å²) in [6, 6.07) is 8.15. The van der Waals surface area contributed by atoms with E-state index >= 15 is 0 Å². The van der Waals surface area contributed by atoms with Crippen molar-refractivity contribution < 1.29 is 22.4 Å². The zero-order chi connectivity index (χ0) is 26.6. The summed E-state index contributed by atoms with van der Waals surface area (Å²) in [4.78, 5) is 29.8. The Morgan fingerprint density at radius 2 is 1.94 bits per heavy atom. The van der Waals surface area contributed by atoms with Crippen LogP contribution in [0.1, 0.15) is 30.5 Å². The van der Waals surface area contributed by atoms with E-state index in [1.165, 1.54) is 24.4 Å². The van der Waals surface area contributed by atoms with Crippen LogP contribution in [0.2, 0.25) is 0 Å². The van der Waals surface area contributed by atoms with E-state index in [2.05, 4.69) is 15.6 Å². The van der Waals surface area contributed by atoms with E-state index in [-0.39, 0.29) is 40.9 Å². The molecular formula is C24H22F4N6O2. The monoisotopic (exact) mass is 502 g/mol. The molecule has 0 aliphatic carbocycles. The summed E-state index contributed by atoms with van der Waals surface area (Å²) < 4.78 is 54.8. The first-order chi connectivity index (χ1) is 16.9. The van der Waals surface area contributed by atoms with Gasteiger partial charge in [-0.2, -0.15) is 18.4 Å². The summed E-state index contributed by atoms with van der Waals surface area (Å²) in [7, 11) is 0. The normalized spacial score (nSPS) is 11.3. The SMILES string of the molecule is CC(C)Nc1ncc(-c2cc(N)cc(C(F)(F)F)c2)n(CC(=O)NCc2ccc(C#N)c(F)c2)c1=O. The maximum Gasteiger partial charge on any atom is 0.416 e. The second-order valence-electron chi connectivity index (χ2n) is 8.23. The largest absolute Gasteiger partial charge is 0.416 e. The predicted molar refractivity (Wildman–Crippen MR) is 125 cm³/mol. The lowest BCUT2D eigenvalue weighted by atomic mass is 10.1. The van der Waals surface area contributed by atoms with E-state index in [4.69, 9.17) is 11.0 Å². The molecule has 1 amide bonds. The molecule has 1 aromatic heterocycles. The number of carbonyl (C=O) groups is 1. The molecule has 188 valence electrons. The highest BCUT2D eigenvalue weighted by molar-refractivity contribution is 5.77. The number of nitriles is 1. The van der Waals surface area contributed by atoms with E-state index in [9.17, 15) is 27.2 Å². The van der Waals surface area contributed by atoms with E-state index in [0.29, 0.717) is 5.56 Å². The molecule has 0 unspecified atom stereocenters. The summed E-state index contributed by atoms with van der Waals surface area (Å²) >= 11 is 0. The van der Waals surface area contributed by atoms with Crippen molar-refractivity contribution in [2.45, 2.75) is 39.2 Å². The fraction of sp³-hybridized carbons (Fsp3) is 0.250. The predicted octanol–water partition coefficient (Wildman–Crippen LogP) is 3.66. The minimum atomic E-state index is -4.68. The number of hydrogen-bond donors (Lipinski definition) is 3. The first-order valence-electron chi connectivity index (χ1n) is 10.7. The molecule has 12 heteroatoms. The molecule has 0 saturated heterocycles. The number of alkyl halides is 3. The number of carbonyl (C=O) groups excluding carboxylic acids is 1. The molecule has 0 spiro atoms. The van der Waals surface area contributed by atoms with Gasteiger partial charge in [0.15, 0.2) is 5.82 Å². The summed E-state index contributed by atoms with van der Waals surface area (Å²) in [6.07, 6.45) is -3.50. The molecule has 3 aromatic rings. The highest BCUT2D eigenvalue weighted by Gasteiger charge is 2.31. The van der Waals surface area contributed by atoms with Crippen molar-refractivity contribution in [2.24, 2.45) is 0 Å². The molecule has 2 aromatic carbocycles. The quantitative estimate of drug-likeness (QED) is 0.335. The molecular weight excluding hydrogens is 480 g/mol. The lowest BCUT2D eigenvalue weighted by Gasteiger charge is -2.17. The number of halogens is 4. The number of aromatic nitrogens is 2. The van der Waals surface area contributed by atoms with Crippen molar-refractivity contribution in [2.75, 3.05) is 11.1 Å². The molecule has 1 heterocycles. The summed E-state index contributed by atoms with van der Waals surface area (Å²) in [5, 5.41) is 14.2. The fourth-order valence-corrected chi connectivity index (χ4v) is 3.37. The van der Waals surface area contributed by atoms with E-state index in [1.807, 2.05) is 0 Å². The number of nitrogens with two attached hydrogens (primary N) is 1. The van der Waals surface area contributed by atoms with Gasteiger partial charge in [-0.15, -0.1) is 0 Å². The third-order valence-corrected chi connectivity index (χ3v) is 5.00. The molecule has 0 saturated carbocycles. The van der Waals surface area contributed by atoms with Crippen molar-refractivity contribution in [1.82, 2.24) is 14.9 Å². The highest BCUT2D eigenvalue weighted by atomic mass is 19.4. The van der Waals surface area contributed by atoms with Crippen molar-refractivity contribution in [3.8, 4) is 17.3 Å². The minimum absolute atomic E-state index is 0.0494. The van der Waals surface area contributed by atoms with Gasteiger partial charge in [0.05, 0.1) is 23.0 Å². The molecule has 0 aliphatic rings. The lowest BCUT2D eigenvalue weighted by Crippen LogP contribution is -2.35. The third-order valence-electron chi connectivity index (χ3n) is 5.00. The molecule has 0 atom stereocenters. The number of nitrogens with one attached hydrogen (secondary N) is 2. The Balaban J connectivity index is 1.97. The van der Waals surface area contributed by atoms with Gasteiger partial charge in [-0.3, -0.25) is 14.2 Å². The van der Waals surface area contributed by atoms with Crippen LogP contribution >= 0.6 is 0 Å². The van der Waals surface area contributed by atoms with Crippen LogP contribution in [0.5, 0.6) is 0 Å². The van der Waals surface area contributed by atoms with Crippen LogP contribution in [-0.4, -0.2) is 21.5 Å². The van der Waals surface area contributed by atoms with Crippen molar-refractivity contribution in [1.29, 1.82) is 5.26 Å². The van der Waals surface area contributed by atoms with Gasteiger partial charge in [-0.1, -0.05) is 6.07 Å². The van der Waals surface area contributed by atoms with Crippen LogP contribution in [0.15, 0.2) is 47.4 Å². The molecule has 0 aliphatic heterocycles. The van der Waals surface area contributed by atoms with Gasteiger partial charge in [0, 0.05) is 23.8 Å². The van der Waals surface area contributed by atoms with Crippen LogP contribution in [0.4, 0.5) is 29.1 Å². The number of anilines is 2. The first-order valence-corrected chi connectivity index (χ1v) is 10.7. The van der Waals surface area contributed by atoms with Crippen molar-refractivity contribution >= 4 is 17.4 Å². The Bertz CT molecular complexity index is 1390. The number of benzene rings is 2. The Hall–Kier alpha value is -4.40. The number of nitrogen functional groups attached to an aromatic ring is 1. The van der Waals surface area contributed by atoms with E-state index in [0.717, 1.165) is 22.8 Å². The average Bonchev–Trinajstić information content (AvgIpc) is 2.79. The molecule has 0 radical (unpaired) electrons. The van der Waals surface area contributed by atoms with Gasteiger partial charge in [-0.05, 0) is 49.7 Å². The van der Waals surface area contributed by atoms with Crippen molar-refractivity contribution in [3.05, 3.63) is 75.5 Å². The zero-order valence-corrected chi connectivity index (χ0v) is 19.3. The van der Waals surface area contributed by atoms with Gasteiger partial charge < -0.3 is 16.4 Å². The smallest absolute Gasteiger partial charge is 0.399 e. The Morgan fingerprint density at radius 3 is 2.56 bits per heavy atom. The lowest BCUT2D eigenvalue weighted by molar-refractivity contribution is -0.137. The summed E-state index contributed by atoms with van der Waals surface area (Å²) in [6.45, 7) is 2.86. The number of nitrogens with zero attached hydrogens (tertiary/aromatic N) is 3. The van der Waals surface area contributed by atoms with Crippen LogP contribution in [0.3, 0.4) is 0 Å². The van der Waals surface area contributed by atoms with Gasteiger partial charge in [0.25, 0.3) is 5.56 Å². The standard InChI is InChI=1S/C24H22F4N6O2/c1-13(2)33-22-23(36)34(12-21(35)31-10-14-3-4-15(9-29)19(25)5-14)20(11-32-22)16-6-17(24(26,27)28)8-18(30)7-16/h3-8,11,13H,10,12,30H2,1-2H3,(H,31,35)(H,32,33). The summed E-state index contributed by atoms with van der Waals surface area (Å²) in [5.74, 6) is -1.50. The average molecular weight is 502 g/mol. The Morgan fingerprint density at radius 1 is 1.22 bits per heavy atom. The molecule has 0 bridgehead atoms. The van der Waals surface area contributed by atoms with E-state index in [1.54, 1.807) is 19.9 Å². The Kier molecular flexibility index (Phi) is 7.62. The number of hydrogen-bond acceptors (Lipinski definition) is 6.